The lowest BCUT2D eigenvalue weighted by Crippen LogP contribution is -2.32. The molecule has 110 valence electrons. The van der Waals surface area contributed by atoms with Gasteiger partial charge < -0.3 is 5.32 Å². The van der Waals surface area contributed by atoms with Gasteiger partial charge in [0.15, 0.2) is 0 Å². The number of hydrogen-bond acceptors (Lipinski definition) is 3. The molecule has 0 aliphatic heterocycles. The highest BCUT2D eigenvalue weighted by molar-refractivity contribution is 7.89. The second-order valence-corrected chi connectivity index (χ2v) is 7.71. The minimum Gasteiger partial charge on any atom is -0.310 e. The standard InChI is InChI=1S/C15H22N2O2S/c18-20(19,17-11-12-2-1-3-12)15-8-4-13(5-9-15)10-16-14-6-7-14/h4-5,8-9,12,14,16-17H,1-3,6-7,10-11H2. The van der Waals surface area contributed by atoms with Crippen LogP contribution in [0.1, 0.15) is 37.7 Å². The van der Waals surface area contributed by atoms with E-state index in [0.717, 1.165) is 24.9 Å². The Balaban J connectivity index is 1.56. The summed E-state index contributed by atoms with van der Waals surface area (Å²) in [6.45, 7) is 1.40. The van der Waals surface area contributed by atoms with Crippen molar-refractivity contribution in [2.45, 2.75) is 49.6 Å². The normalized spacial score (nSPS) is 19.8. The van der Waals surface area contributed by atoms with Gasteiger partial charge in [0.1, 0.15) is 0 Å². The zero-order chi connectivity index (χ0) is 14.0. The average molecular weight is 294 g/mol. The predicted octanol–water partition coefficient (Wildman–Crippen LogP) is 2.02. The summed E-state index contributed by atoms with van der Waals surface area (Å²) in [4.78, 5) is 0.368. The first-order valence-corrected chi connectivity index (χ1v) is 8.94. The molecule has 1 aromatic rings. The van der Waals surface area contributed by atoms with E-state index in [-0.39, 0.29) is 0 Å². The SMILES string of the molecule is O=S(=O)(NCC1CCC1)c1ccc(CNC2CC2)cc1. The van der Waals surface area contributed by atoms with E-state index in [1.165, 1.54) is 19.3 Å². The molecule has 1 aromatic carbocycles. The van der Waals surface area contributed by atoms with E-state index in [1.807, 2.05) is 12.1 Å². The summed E-state index contributed by atoms with van der Waals surface area (Å²) in [6, 6.07) is 7.86. The quantitative estimate of drug-likeness (QED) is 0.809. The van der Waals surface area contributed by atoms with Gasteiger partial charge in [0.2, 0.25) is 10.0 Å². The maximum Gasteiger partial charge on any atom is 0.240 e. The Labute approximate surface area is 121 Å². The number of hydrogen-bond donors (Lipinski definition) is 2. The van der Waals surface area contributed by atoms with Gasteiger partial charge in [-0.25, -0.2) is 13.1 Å². The lowest BCUT2D eigenvalue weighted by molar-refractivity contribution is 0.316. The Bertz CT molecular complexity index is 546. The molecule has 2 saturated carbocycles. The third kappa shape index (κ3) is 3.59. The number of nitrogens with one attached hydrogen (secondary N) is 2. The van der Waals surface area contributed by atoms with Gasteiger partial charge in [-0.1, -0.05) is 18.6 Å². The molecule has 5 heteroatoms. The van der Waals surface area contributed by atoms with E-state index >= 15 is 0 Å². The molecule has 0 atom stereocenters. The molecule has 0 heterocycles. The van der Waals surface area contributed by atoms with E-state index < -0.39 is 10.0 Å². The molecule has 4 nitrogen and oxygen atoms in total. The van der Waals surface area contributed by atoms with Crippen molar-refractivity contribution in [3.05, 3.63) is 29.8 Å². The van der Waals surface area contributed by atoms with E-state index in [0.29, 0.717) is 23.4 Å². The minimum atomic E-state index is -3.34. The van der Waals surface area contributed by atoms with Crippen LogP contribution in [0, 0.1) is 5.92 Å². The second kappa shape index (κ2) is 5.84. The van der Waals surface area contributed by atoms with E-state index in [1.54, 1.807) is 12.1 Å². The molecule has 0 radical (unpaired) electrons. The van der Waals surface area contributed by atoms with Gasteiger partial charge in [0.05, 0.1) is 4.90 Å². The molecule has 20 heavy (non-hydrogen) atoms. The molecular weight excluding hydrogens is 272 g/mol. The Morgan fingerprint density at radius 1 is 1.05 bits per heavy atom. The fourth-order valence-corrected chi connectivity index (χ4v) is 3.46. The highest BCUT2D eigenvalue weighted by atomic mass is 32.2. The Morgan fingerprint density at radius 3 is 2.30 bits per heavy atom. The number of rotatable bonds is 7. The fourth-order valence-electron chi connectivity index (χ4n) is 2.34. The van der Waals surface area contributed by atoms with Crippen LogP contribution in [0.4, 0.5) is 0 Å². The van der Waals surface area contributed by atoms with Crippen molar-refractivity contribution in [2.24, 2.45) is 5.92 Å². The Morgan fingerprint density at radius 2 is 1.75 bits per heavy atom. The van der Waals surface area contributed by atoms with Crippen molar-refractivity contribution in [1.82, 2.24) is 10.0 Å². The molecule has 0 bridgehead atoms. The van der Waals surface area contributed by atoms with E-state index in [2.05, 4.69) is 10.0 Å². The van der Waals surface area contributed by atoms with Gasteiger partial charge in [-0.05, 0) is 49.3 Å². The summed E-state index contributed by atoms with van der Waals surface area (Å²) < 4.78 is 27.0. The molecular formula is C15H22N2O2S. The van der Waals surface area contributed by atoms with Crippen LogP contribution >= 0.6 is 0 Å². The molecule has 2 aliphatic rings. The van der Waals surface area contributed by atoms with Crippen LogP contribution in [0.2, 0.25) is 0 Å². The maximum atomic E-state index is 12.1. The molecule has 2 fully saturated rings. The van der Waals surface area contributed by atoms with Gasteiger partial charge in [-0.3, -0.25) is 0 Å². The Kier molecular flexibility index (Phi) is 4.10. The van der Waals surface area contributed by atoms with Crippen LogP contribution in [0.25, 0.3) is 0 Å². The van der Waals surface area contributed by atoms with Crippen LogP contribution in [0.5, 0.6) is 0 Å². The van der Waals surface area contributed by atoms with Crippen molar-refractivity contribution in [3.63, 3.8) is 0 Å². The molecule has 0 unspecified atom stereocenters. The van der Waals surface area contributed by atoms with Gasteiger partial charge in [-0.15, -0.1) is 0 Å². The third-order valence-electron chi connectivity index (χ3n) is 4.19. The van der Waals surface area contributed by atoms with Gasteiger partial charge >= 0.3 is 0 Å². The van der Waals surface area contributed by atoms with Gasteiger partial charge in [-0.2, -0.15) is 0 Å². The van der Waals surface area contributed by atoms with Crippen LogP contribution < -0.4 is 10.0 Å². The summed E-state index contributed by atoms with van der Waals surface area (Å²) in [5.74, 6) is 0.534. The zero-order valence-electron chi connectivity index (χ0n) is 11.6. The predicted molar refractivity (Wildman–Crippen MR) is 78.8 cm³/mol. The van der Waals surface area contributed by atoms with Crippen molar-refractivity contribution in [1.29, 1.82) is 0 Å². The number of sulfonamides is 1. The summed E-state index contributed by atoms with van der Waals surface area (Å²) in [5, 5.41) is 3.42. The topological polar surface area (TPSA) is 58.2 Å². The monoisotopic (exact) mass is 294 g/mol. The molecule has 0 spiro atoms. The lowest BCUT2D eigenvalue weighted by Gasteiger charge is -2.25. The molecule has 0 amide bonds. The van der Waals surface area contributed by atoms with Crippen LogP contribution in [-0.2, 0) is 16.6 Å². The van der Waals surface area contributed by atoms with Crippen LogP contribution in [-0.4, -0.2) is 21.0 Å². The molecule has 0 saturated heterocycles. The summed E-state index contributed by atoms with van der Waals surface area (Å²) in [5.41, 5.74) is 1.13. The highest BCUT2D eigenvalue weighted by Gasteiger charge is 2.22. The Hall–Kier alpha value is -0.910. The van der Waals surface area contributed by atoms with Crippen molar-refractivity contribution < 1.29 is 8.42 Å². The third-order valence-corrected chi connectivity index (χ3v) is 5.63. The largest absolute Gasteiger partial charge is 0.310 e. The summed E-state index contributed by atoms with van der Waals surface area (Å²) >= 11 is 0. The minimum absolute atomic E-state index is 0.368. The average Bonchev–Trinajstić information content (AvgIpc) is 3.19. The smallest absolute Gasteiger partial charge is 0.240 e. The molecule has 0 aromatic heterocycles. The van der Waals surface area contributed by atoms with E-state index in [9.17, 15) is 8.42 Å². The highest BCUT2D eigenvalue weighted by Crippen LogP contribution is 2.25. The van der Waals surface area contributed by atoms with Crippen LogP contribution in [0.3, 0.4) is 0 Å². The summed E-state index contributed by atoms with van der Waals surface area (Å²) in [7, 11) is -3.34. The lowest BCUT2D eigenvalue weighted by atomic mass is 9.86. The second-order valence-electron chi connectivity index (χ2n) is 5.95. The van der Waals surface area contributed by atoms with Crippen LogP contribution in [0.15, 0.2) is 29.2 Å². The van der Waals surface area contributed by atoms with Crippen molar-refractivity contribution in [3.8, 4) is 0 Å². The molecule has 2 N–H and O–H groups in total. The maximum absolute atomic E-state index is 12.1. The van der Waals surface area contributed by atoms with Crippen molar-refractivity contribution in [2.75, 3.05) is 6.54 Å². The first kappa shape index (κ1) is 14.0. The zero-order valence-corrected chi connectivity index (χ0v) is 12.5. The van der Waals surface area contributed by atoms with Gasteiger partial charge in [0.25, 0.3) is 0 Å². The number of benzene rings is 1. The van der Waals surface area contributed by atoms with Crippen molar-refractivity contribution >= 4 is 10.0 Å². The van der Waals surface area contributed by atoms with Gasteiger partial charge in [0, 0.05) is 19.1 Å². The first-order valence-electron chi connectivity index (χ1n) is 7.45. The summed E-state index contributed by atoms with van der Waals surface area (Å²) in [6.07, 6.45) is 6.05. The first-order chi connectivity index (χ1) is 9.63. The molecule has 2 aliphatic carbocycles. The fraction of sp³-hybridized carbons (Fsp3) is 0.600. The van der Waals surface area contributed by atoms with E-state index in [4.69, 9.17) is 0 Å². The molecule has 3 rings (SSSR count).